The van der Waals surface area contributed by atoms with E-state index in [1.807, 2.05) is 0 Å². The summed E-state index contributed by atoms with van der Waals surface area (Å²) in [4.78, 5) is -0.116. The molecule has 142 valence electrons. The first kappa shape index (κ1) is 20.4. The molecule has 2 saturated heterocycles. The lowest BCUT2D eigenvalue weighted by Gasteiger charge is -2.23. The summed E-state index contributed by atoms with van der Waals surface area (Å²) in [6, 6.07) is 3.95. The Kier molecular flexibility index (Phi) is 5.75. The molecule has 0 amide bonds. The number of hydrogen-bond acceptors (Lipinski definition) is 6. The zero-order chi connectivity index (χ0) is 17.6. The molecule has 1 unspecified atom stereocenters. The molecule has 1 aromatic rings. The van der Waals surface area contributed by atoms with Crippen LogP contribution in [0.2, 0.25) is 0 Å². The lowest BCUT2D eigenvalue weighted by Crippen LogP contribution is -2.33. The minimum Gasteiger partial charge on any atom is -0.495 e. The van der Waals surface area contributed by atoms with Crippen LogP contribution in [0.3, 0.4) is 0 Å². The van der Waals surface area contributed by atoms with Crippen molar-refractivity contribution < 1.29 is 21.6 Å². The second kappa shape index (κ2) is 7.03. The minimum absolute atomic E-state index is 0. The molecule has 2 fully saturated rings. The Balaban J connectivity index is 0.00000225. The molecular formula is C15H23ClN2O5S2. The van der Waals surface area contributed by atoms with E-state index in [1.165, 1.54) is 29.6 Å². The van der Waals surface area contributed by atoms with Crippen LogP contribution in [0.15, 0.2) is 28.0 Å². The molecule has 1 atom stereocenters. The molecule has 0 aliphatic carbocycles. The lowest BCUT2D eigenvalue weighted by atomic mass is 9.87. The Morgan fingerprint density at radius 3 is 2.48 bits per heavy atom. The fourth-order valence-corrected chi connectivity index (χ4v) is 5.93. The highest BCUT2D eigenvalue weighted by molar-refractivity contribution is 7.91. The van der Waals surface area contributed by atoms with Crippen LogP contribution in [-0.2, 0) is 19.9 Å². The molecule has 0 saturated carbocycles. The molecule has 1 N–H and O–H groups in total. The second-order valence-corrected chi connectivity index (χ2v) is 10.5. The Labute approximate surface area is 155 Å². The molecule has 0 radical (unpaired) electrons. The van der Waals surface area contributed by atoms with Crippen molar-refractivity contribution in [3.05, 3.63) is 18.2 Å². The predicted molar refractivity (Wildman–Crippen MR) is 96.6 cm³/mol. The average molecular weight is 411 g/mol. The van der Waals surface area contributed by atoms with Gasteiger partial charge in [-0.15, -0.1) is 12.4 Å². The van der Waals surface area contributed by atoms with E-state index in [-0.39, 0.29) is 33.4 Å². The third-order valence-electron chi connectivity index (χ3n) is 4.92. The molecule has 2 aliphatic heterocycles. The minimum atomic E-state index is -3.81. The molecule has 25 heavy (non-hydrogen) atoms. The van der Waals surface area contributed by atoms with Crippen LogP contribution < -0.4 is 10.1 Å². The molecule has 0 bridgehead atoms. The van der Waals surface area contributed by atoms with E-state index in [1.54, 1.807) is 0 Å². The van der Waals surface area contributed by atoms with Crippen LogP contribution in [0.25, 0.3) is 0 Å². The average Bonchev–Trinajstić information content (AvgIpc) is 3.16. The van der Waals surface area contributed by atoms with Gasteiger partial charge in [0.15, 0.2) is 9.84 Å². The van der Waals surface area contributed by atoms with Crippen molar-refractivity contribution in [2.75, 3.05) is 39.5 Å². The Bertz CT molecular complexity index is 849. The van der Waals surface area contributed by atoms with E-state index in [0.717, 1.165) is 32.2 Å². The summed E-state index contributed by atoms with van der Waals surface area (Å²) in [6.45, 7) is 2.62. The number of sulfonamides is 1. The smallest absolute Gasteiger partial charge is 0.246 e. The summed E-state index contributed by atoms with van der Waals surface area (Å²) < 4.78 is 56.3. The quantitative estimate of drug-likeness (QED) is 0.792. The molecular weight excluding hydrogens is 388 g/mol. The van der Waals surface area contributed by atoms with E-state index >= 15 is 0 Å². The summed E-state index contributed by atoms with van der Waals surface area (Å²) in [5.74, 6) is 0.160. The van der Waals surface area contributed by atoms with E-state index in [4.69, 9.17) is 4.74 Å². The van der Waals surface area contributed by atoms with Crippen molar-refractivity contribution in [2.45, 2.75) is 22.6 Å². The Hall–Kier alpha value is -0.870. The fraction of sp³-hybridized carbons (Fsp3) is 0.600. The molecule has 3 rings (SSSR count). The van der Waals surface area contributed by atoms with Crippen molar-refractivity contribution in [2.24, 2.45) is 5.41 Å². The van der Waals surface area contributed by atoms with Gasteiger partial charge in [0.05, 0.1) is 12.0 Å². The van der Waals surface area contributed by atoms with Gasteiger partial charge in [-0.3, -0.25) is 0 Å². The standard InChI is InChI=1S/C15H22N2O5S2.ClH/c1-22-13-4-3-12(23(2,18)19)9-14(13)24(20,21)17-8-6-15(11-17)5-7-16-10-15;/h3-4,9,16H,5-8,10-11H2,1-2H3;1H. The predicted octanol–water partition coefficient (Wildman–Crippen LogP) is 0.895. The van der Waals surface area contributed by atoms with Crippen LogP contribution >= 0.6 is 12.4 Å². The van der Waals surface area contributed by atoms with Crippen molar-refractivity contribution in [3.63, 3.8) is 0 Å². The van der Waals surface area contributed by atoms with Gasteiger partial charge in [-0.25, -0.2) is 16.8 Å². The van der Waals surface area contributed by atoms with Crippen LogP contribution in [0.4, 0.5) is 0 Å². The Morgan fingerprint density at radius 2 is 1.92 bits per heavy atom. The van der Waals surface area contributed by atoms with Crippen molar-refractivity contribution in [3.8, 4) is 5.75 Å². The van der Waals surface area contributed by atoms with Crippen molar-refractivity contribution in [1.29, 1.82) is 0 Å². The van der Waals surface area contributed by atoms with Gasteiger partial charge in [0.2, 0.25) is 10.0 Å². The maximum Gasteiger partial charge on any atom is 0.246 e. The number of rotatable bonds is 4. The van der Waals surface area contributed by atoms with Gasteiger partial charge in [0, 0.05) is 25.9 Å². The second-order valence-electron chi connectivity index (χ2n) is 6.60. The Morgan fingerprint density at radius 1 is 1.20 bits per heavy atom. The third kappa shape index (κ3) is 3.80. The molecule has 10 heteroatoms. The zero-order valence-electron chi connectivity index (χ0n) is 14.2. The molecule has 2 heterocycles. The van der Waals surface area contributed by atoms with Crippen LogP contribution in [-0.4, -0.2) is 60.7 Å². The van der Waals surface area contributed by atoms with Gasteiger partial charge in [-0.2, -0.15) is 4.31 Å². The topological polar surface area (TPSA) is 92.8 Å². The summed E-state index contributed by atoms with van der Waals surface area (Å²) in [5.41, 5.74) is -0.00521. The van der Waals surface area contributed by atoms with E-state index in [9.17, 15) is 16.8 Å². The van der Waals surface area contributed by atoms with Crippen LogP contribution in [0, 0.1) is 5.41 Å². The summed E-state index contributed by atoms with van der Waals surface area (Å²) in [5, 5.41) is 3.29. The normalized spacial score (nSPS) is 24.4. The van der Waals surface area contributed by atoms with E-state index < -0.39 is 19.9 Å². The summed E-state index contributed by atoms with van der Waals surface area (Å²) >= 11 is 0. The highest BCUT2D eigenvalue weighted by atomic mass is 35.5. The first-order valence-corrected chi connectivity index (χ1v) is 11.1. The number of sulfone groups is 1. The van der Waals surface area contributed by atoms with Gasteiger partial charge >= 0.3 is 0 Å². The number of methoxy groups -OCH3 is 1. The third-order valence-corrected chi connectivity index (χ3v) is 7.89. The van der Waals surface area contributed by atoms with Gasteiger partial charge in [-0.05, 0) is 43.0 Å². The molecule has 1 aromatic carbocycles. The number of ether oxygens (including phenoxy) is 1. The van der Waals surface area contributed by atoms with Gasteiger partial charge in [-0.1, -0.05) is 0 Å². The summed E-state index contributed by atoms with van der Waals surface area (Å²) in [7, 11) is -5.94. The first-order chi connectivity index (χ1) is 11.2. The van der Waals surface area contributed by atoms with Gasteiger partial charge in [0.1, 0.15) is 10.6 Å². The number of nitrogens with one attached hydrogen (secondary N) is 1. The van der Waals surface area contributed by atoms with Gasteiger partial charge < -0.3 is 10.1 Å². The highest BCUT2D eigenvalue weighted by Crippen LogP contribution is 2.40. The largest absolute Gasteiger partial charge is 0.495 e. The monoisotopic (exact) mass is 410 g/mol. The number of halogens is 1. The zero-order valence-corrected chi connectivity index (χ0v) is 16.6. The number of hydrogen-bond donors (Lipinski definition) is 1. The maximum absolute atomic E-state index is 13.1. The summed E-state index contributed by atoms with van der Waals surface area (Å²) in [6.07, 6.45) is 2.83. The fourth-order valence-electron chi connectivity index (χ4n) is 3.47. The van der Waals surface area contributed by atoms with Crippen molar-refractivity contribution >= 4 is 32.3 Å². The SMILES string of the molecule is COc1ccc(S(C)(=O)=O)cc1S(=O)(=O)N1CCC2(CCNC2)C1.Cl. The molecule has 0 aromatic heterocycles. The lowest BCUT2D eigenvalue weighted by molar-refractivity contribution is 0.337. The first-order valence-electron chi connectivity index (χ1n) is 7.77. The maximum atomic E-state index is 13.1. The highest BCUT2D eigenvalue weighted by Gasteiger charge is 2.45. The number of nitrogens with zero attached hydrogens (tertiary/aromatic N) is 1. The van der Waals surface area contributed by atoms with Gasteiger partial charge in [0.25, 0.3) is 0 Å². The molecule has 2 aliphatic rings. The molecule has 7 nitrogen and oxygen atoms in total. The van der Waals surface area contributed by atoms with Crippen molar-refractivity contribution in [1.82, 2.24) is 9.62 Å². The number of benzene rings is 1. The van der Waals surface area contributed by atoms with E-state index in [2.05, 4.69) is 5.32 Å². The molecule has 1 spiro atoms. The van der Waals surface area contributed by atoms with Crippen LogP contribution in [0.5, 0.6) is 5.75 Å². The van der Waals surface area contributed by atoms with Crippen LogP contribution in [0.1, 0.15) is 12.8 Å². The van der Waals surface area contributed by atoms with E-state index in [0.29, 0.717) is 13.1 Å².